The Morgan fingerprint density at radius 3 is 2.71 bits per heavy atom. The third-order valence-electron chi connectivity index (χ3n) is 4.09. The zero-order chi connectivity index (χ0) is 17.2. The Labute approximate surface area is 149 Å². The summed E-state index contributed by atoms with van der Waals surface area (Å²) in [6.45, 7) is 6.38. The molecule has 1 aliphatic heterocycles. The van der Waals surface area contributed by atoms with Crippen molar-refractivity contribution in [2.75, 3.05) is 25.1 Å². The summed E-state index contributed by atoms with van der Waals surface area (Å²) in [7, 11) is 1.57. The maximum Gasteiger partial charge on any atom is 0.227 e. The number of carbonyl (C=O) groups is 2. The molecule has 0 radical (unpaired) electrons. The quantitative estimate of drug-likeness (QED) is 0.840. The maximum absolute atomic E-state index is 12.4. The van der Waals surface area contributed by atoms with E-state index in [0.29, 0.717) is 24.5 Å². The zero-order valence-corrected chi connectivity index (χ0v) is 15.4. The number of hydrogen-bond acceptors (Lipinski definition) is 4. The van der Waals surface area contributed by atoms with E-state index in [-0.39, 0.29) is 36.6 Å². The monoisotopic (exact) mass is 355 g/mol. The summed E-state index contributed by atoms with van der Waals surface area (Å²) >= 11 is 0. The predicted molar refractivity (Wildman–Crippen MR) is 96.7 cm³/mol. The van der Waals surface area contributed by atoms with Gasteiger partial charge in [0.15, 0.2) is 0 Å². The van der Waals surface area contributed by atoms with Crippen LogP contribution in [0.2, 0.25) is 0 Å². The van der Waals surface area contributed by atoms with E-state index in [1.807, 2.05) is 39.0 Å². The van der Waals surface area contributed by atoms with Gasteiger partial charge < -0.3 is 20.7 Å². The molecule has 1 aromatic rings. The SMILES string of the molecule is COc1ccc(C)cc1N1CC(C(=O)NC(C)(C)CN)CC1=O.Cl. The van der Waals surface area contributed by atoms with Crippen LogP contribution in [0.1, 0.15) is 25.8 Å². The van der Waals surface area contributed by atoms with Crippen molar-refractivity contribution in [3.05, 3.63) is 23.8 Å². The number of anilines is 1. The highest BCUT2D eigenvalue weighted by Crippen LogP contribution is 2.34. The second-order valence-electron chi connectivity index (χ2n) is 6.66. The minimum atomic E-state index is -0.478. The molecule has 24 heavy (non-hydrogen) atoms. The number of benzene rings is 1. The van der Waals surface area contributed by atoms with Gasteiger partial charge in [0.25, 0.3) is 0 Å². The van der Waals surface area contributed by atoms with E-state index in [0.717, 1.165) is 5.56 Å². The van der Waals surface area contributed by atoms with Crippen molar-refractivity contribution < 1.29 is 14.3 Å². The van der Waals surface area contributed by atoms with Crippen LogP contribution in [0.25, 0.3) is 0 Å². The van der Waals surface area contributed by atoms with Gasteiger partial charge in [-0.15, -0.1) is 12.4 Å². The van der Waals surface area contributed by atoms with Gasteiger partial charge in [-0.1, -0.05) is 6.07 Å². The Bertz CT molecular complexity index is 619. The highest BCUT2D eigenvalue weighted by atomic mass is 35.5. The second-order valence-corrected chi connectivity index (χ2v) is 6.66. The Balaban J connectivity index is 0.00000288. The molecule has 134 valence electrons. The van der Waals surface area contributed by atoms with Crippen molar-refractivity contribution in [1.82, 2.24) is 5.32 Å². The highest BCUT2D eigenvalue weighted by molar-refractivity contribution is 6.01. The van der Waals surface area contributed by atoms with Crippen LogP contribution in [0.3, 0.4) is 0 Å². The third kappa shape index (κ3) is 4.39. The molecule has 6 nitrogen and oxygen atoms in total. The lowest BCUT2D eigenvalue weighted by Crippen LogP contribution is -2.51. The van der Waals surface area contributed by atoms with Crippen LogP contribution in [0.15, 0.2) is 18.2 Å². The number of halogens is 1. The summed E-state index contributed by atoms with van der Waals surface area (Å²) < 4.78 is 5.34. The van der Waals surface area contributed by atoms with Crippen LogP contribution in [-0.2, 0) is 9.59 Å². The Morgan fingerprint density at radius 1 is 1.46 bits per heavy atom. The number of hydrogen-bond donors (Lipinski definition) is 2. The molecule has 0 bridgehead atoms. The molecule has 0 saturated carbocycles. The Kier molecular flexibility index (Phi) is 6.63. The lowest BCUT2D eigenvalue weighted by molar-refractivity contribution is -0.127. The molecule has 1 aliphatic rings. The van der Waals surface area contributed by atoms with Crippen molar-refractivity contribution >= 4 is 29.9 Å². The van der Waals surface area contributed by atoms with Gasteiger partial charge in [0.2, 0.25) is 11.8 Å². The molecule has 1 saturated heterocycles. The molecule has 7 heteroatoms. The van der Waals surface area contributed by atoms with Crippen molar-refractivity contribution in [3.8, 4) is 5.75 Å². The topological polar surface area (TPSA) is 84.7 Å². The lowest BCUT2D eigenvalue weighted by Gasteiger charge is -2.26. The van der Waals surface area contributed by atoms with Gasteiger partial charge >= 0.3 is 0 Å². The normalized spacial score (nSPS) is 17.5. The third-order valence-corrected chi connectivity index (χ3v) is 4.09. The van der Waals surface area contributed by atoms with E-state index >= 15 is 0 Å². The van der Waals surface area contributed by atoms with E-state index in [2.05, 4.69) is 5.32 Å². The molecular weight excluding hydrogens is 330 g/mol. The van der Waals surface area contributed by atoms with Crippen molar-refractivity contribution in [1.29, 1.82) is 0 Å². The first kappa shape index (κ1) is 20.3. The Morgan fingerprint density at radius 2 is 2.12 bits per heavy atom. The molecule has 1 aromatic carbocycles. The number of amides is 2. The first-order valence-corrected chi connectivity index (χ1v) is 7.74. The van der Waals surface area contributed by atoms with Crippen molar-refractivity contribution in [3.63, 3.8) is 0 Å². The van der Waals surface area contributed by atoms with Crippen LogP contribution >= 0.6 is 12.4 Å². The van der Waals surface area contributed by atoms with Crippen molar-refractivity contribution in [2.24, 2.45) is 11.7 Å². The number of carbonyl (C=O) groups excluding carboxylic acids is 2. The van der Waals surface area contributed by atoms with Crippen LogP contribution < -0.4 is 20.7 Å². The molecule has 2 rings (SSSR count). The number of methoxy groups -OCH3 is 1. The van der Waals surface area contributed by atoms with Gasteiger partial charge in [-0.3, -0.25) is 9.59 Å². The average Bonchev–Trinajstić information content (AvgIpc) is 2.89. The van der Waals surface area contributed by atoms with Gasteiger partial charge in [0.1, 0.15) is 5.75 Å². The molecule has 0 spiro atoms. The minimum Gasteiger partial charge on any atom is -0.495 e. The predicted octanol–water partition coefficient (Wildman–Crippen LogP) is 1.63. The fourth-order valence-electron chi connectivity index (χ4n) is 2.61. The molecule has 2 amide bonds. The molecule has 0 aliphatic carbocycles. The summed E-state index contributed by atoms with van der Waals surface area (Å²) in [5.41, 5.74) is 6.91. The number of ether oxygens (including phenoxy) is 1. The van der Waals surface area contributed by atoms with E-state index in [1.165, 1.54) is 0 Å². The fraction of sp³-hybridized carbons (Fsp3) is 0.529. The van der Waals surface area contributed by atoms with E-state index in [9.17, 15) is 9.59 Å². The summed E-state index contributed by atoms with van der Waals surface area (Å²) in [5.74, 6) is 0.0494. The van der Waals surface area contributed by atoms with Crippen LogP contribution in [0.5, 0.6) is 5.75 Å². The van der Waals surface area contributed by atoms with Crippen LogP contribution in [0, 0.1) is 12.8 Å². The van der Waals surface area contributed by atoms with Gasteiger partial charge in [0.05, 0.1) is 18.7 Å². The molecule has 1 atom stereocenters. The Hall–Kier alpha value is -1.79. The zero-order valence-electron chi connectivity index (χ0n) is 14.6. The minimum absolute atomic E-state index is 0. The summed E-state index contributed by atoms with van der Waals surface area (Å²) in [4.78, 5) is 26.4. The molecule has 3 N–H and O–H groups in total. The number of rotatable bonds is 5. The average molecular weight is 356 g/mol. The van der Waals surface area contributed by atoms with Gasteiger partial charge in [-0.05, 0) is 38.5 Å². The second kappa shape index (κ2) is 7.85. The highest BCUT2D eigenvalue weighted by Gasteiger charge is 2.37. The number of nitrogens with zero attached hydrogens (tertiary/aromatic N) is 1. The van der Waals surface area contributed by atoms with Gasteiger partial charge in [-0.2, -0.15) is 0 Å². The van der Waals surface area contributed by atoms with E-state index in [1.54, 1.807) is 12.0 Å². The summed E-state index contributed by atoms with van der Waals surface area (Å²) in [5, 5.41) is 2.91. The number of nitrogens with one attached hydrogen (secondary N) is 1. The number of aryl methyl sites for hydroxylation is 1. The largest absolute Gasteiger partial charge is 0.495 e. The van der Waals surface area contributed by atoms with Crippen molar-refractivity contribution in [2.45, 2.75) is 32.7 Å². The molecule has 1 fully saturated rings. The first-order chi connectivity index (χ1) is 10.8. The molecule has 0 aromatic heterocycles. The van der Waals surface area contributed by atoms with E-state index < -0.39 is 5.54 Å². The molecule has 1 unspecified atom stereocenters. The molecular formula is C17H26ClN3O3. The fourth-order valence-corrected chi connectivity index (χ4v) is 2.61. The smallest absolute Gasteiger partial charge is 0.227 e. The standard InChI is InChI=1S/C17H25N3O3.ClH/c1-11-5-6-14(23-4)13(7-11)20-9-12(8-15(20)21)16(22)19-17(2,3)10-18;/h5-7,12H,8-10,18H2,1-4H3,(H,19,22);1H. The summed E-state index contributed by atoms with van der Waals surface area (Å²) in [6.07, 6.45) is 0.198. The van der Waals surface area contributed by atoms with E-state index in [4.69, 9.17) is 10.5 Å². The summed E-state index contributed by atoms with van der Waals surface area (Å²) in [6, 6.07) is 5.67. The lowest BCUT2D eigenvalue weighted by atomic mass is 10.0. The van der Waals surface area contributed by atoms with Gasteiger partial charge in [-0.25, -0.2) is 0 Å². The van der Waals surface area contributed by atoms with Crippen LogP contribution in [0.4, 0.5) is 5.69 Å². The number of nitrogens with two attached hydrogens (primary N) is 1. The van der Waals surface area contributed by atoms with Crippen LogP contribution in [-0.4, -0.2) is 37.6 Å². The van der Waals surface area contributed by atoms with Gasteiger partial charge in [0, 0.05) is 25.0 Å². The maximum atomic E-state index is 12.4. The molecule has 1 heterocycles. The first-order valence-electron chi connectivity index (χ1n) is 7.74.